The fraction of sp³-hybridized carbons (Fsp3) is 0.143. The van der Waals surface area contributed by atoms with Crippen LogP contribution in [0.5, 0.6) is 0 Å². The first-order valence-corrected chi connectivity index (χ1v) is 9.68. The summed E-state index contributed by atoms with van der Waals surface area (Å²) in [5, 5.41) is 4.58. The van der Waals surface area contributed by atoms with Crippen molar-refractivity contribution >= 4 is 28.8 Å². The highest BCUT2D eigenvalue weighted by molar-refractivity contribution is 7.17. The van der Waals surface area contributed by atoms with Crippen LogP contribution in [0.1, 0.15) is 20.8 Å². The number of hydrogen-bond donors (Lipinski definition) is 2. The third-order valence-corrected chi connectivity index (χ3v) is 5.89. The lowest BCUT2D eigenvalue weighted by molar-refractivity contribution is -0.115. The maximum absolute atomic E-state index is 13.6. The molecule has 2 N–H and O–H groups in total. The van der Waals surface area contributed by atoms with Gasteiger partial charge < -0.3 is 10.6 Å². The number of fused-ring (bicyclic) bond motifs is 3. The topological polar surface area (TPSA) is 58.2 Å². The van der Waals surface area contributed by atoms with Gasteiger partial charge in [-0.2, -0.15) is 0 Å². The van der Waals surface area contributed by atoms with Crippen LogP contribution in [0.4, 0.5) is 18.9 Å². The highest BCUT2D eigenvalue weighted by Gasteiger charge is 2.22. The van der Waals surface area contributed by atoms with Crippen molar-refractivity contribution in [2.75, 3.05) is 11.9 Å². The SMILES string of the molecule is O=C(CNC(=O)c1cc2c(s1)-c1ccccc1CC2)Nc1ccc(F)c(F)c1F. The summed E-state index contributed by atoms with van der Waals surface area (Å²) < 4.78 is 39.8. The van der Waals surface area contributed by atoms with E-state index in [1.54, 1.807) is 0 Å². The predicted molar refractivity (Wildman–Crippen MR) is 104 cm³/mol. The maximum atomic E-state index is 13.6. The fourth-order valence-corrected chi connectivity index (χ4v) is 4.44. The maximum Gasteiger partial charge on any atom is 0.261 e. The summed E-state index contributed by atoms with van der Waals surface area (Å²) in [6.45, 7) is -0.434. The summed E-state index contributed by atoms with van der Waals surface area (Å²) in [5.41, 5.74) is 2.95. The van der Waals surface area contributed by atoms with Crippen molar-refractivity contribution < 1.29 is 22.8 Å². The highest BCUT2D eigenvalue weighted by Crippen LogP contribution is 2.39. The Bertz CT molecular complexity index is 1130. The molecule has 1 aliphatic rings. The van der Waals surface area contributed by atoms with Crippen molar-refractivity contribution in [1.29, 1.82) is 0 Å². The van der Waals surface area contributed by atoms with Crippen LogP contribution in [0.25, 0.3) is 10.4 Å². The van der Waals surface area contributed by atoms with Gasteiger partial charge in [-0.3, -0.25) is 9.59 Å². The molecule has 0 aliphatic heterocycles. The van der Waals surface area contributed by atoms with E-state index in [4.69, 9.17) is 0 Å². The molecule has 0 saturated heterocycles. The van der Waals surface area contributed by atoms with Crippen LogP contribution < -0.4 is 10.6 Å². The summed E-state index contributed by atoms with van der Waals surface area (Å²) in [4.78, 5) is 25.9. The van der Waals surface area contributed by atoms with Crippen molar-refractivity contribution in [2.24, 2.45) is 0 Å². The average Bonchev–Trinajstić information content (AvgIpc) is 3.17. The molecule has 0 saturated carbocycles. The first-order chi connectivity index (χ1) is 13.9. The molecule has 2 aromatic carbocycles. The van der Waals surface area contributed by atoms with Crippen LogP contribution in [0, 0.1) is 17.5 Å². The number of amides is 2. The molecule has 4 nitrogen and oxygen atoms in total. The highest BCUT2D eigenvalue weighted by atomic mass is 32.1. The molecule has 29 heavy (non-hydrogen) atoms. The zero-order chi connectivity index (χ0) is 20.5. The van der Waals surface area contributed by atoms with Crippen LogP contribution in [-0.4, -0.2) is 18.4 Å². The first-order valence-electron chi connectivity index (χ1n) is 8.86. The van der Waals surface area contributed by atoms with Gasteiger partial charge in [-0.05, 0) is 47.7 Å². The van der Waals surface area contributed by atoms with E-state index in [0.717, 1.165) is 34.9 Å². The van der Waals surface area contributed by atoms with Gasteiger partial charge in [-0.25, -0.2) is 13.2 Å². The zero-order valence-corrected chi connectivity index (χ0v) is 15.8. The molecule has 1 heterocycles. The van der Waals surface area contributed by atoms with Crippen LogP contribution in [-0.2, 0) is 17.6 Å². The number of carbonyl (C=O) groups is 2. The standard InChI is InChI=1S/C21H15F3N2O2S/c22-14-7-8-15(19(24)18(14)23)26-17(27)10-25-21(28)16-9-12-6-5-11-3-1-2-4-13(11)20(12)29-16/h1-4,7-9H,5-6,10H2,(H,25,28)(H,26,27). The number of carbonyl (C=O) groups excluding carboxylic acids is 2. The Labute approximate surface area is 168 Å². The molecule has 8 heteroatoms. The second kappa shape index (κ2) is 7.71. The number of thiophene rings is 1. The van der Waals surface area contributed by atoms with Crippen molar-refractivity contribution in [3.8, 4) is 10.4 Å². The summed E-state index contributed by atoms with van der Waals surface area (Å²) in [6.07, 6.45) is 1.75. The Morgan fingerprint density at radius 1 is 0.966 bits per heavy atom. The smallest absolute Gasteiger partial charge is 0.261 e. The number of anilines is 1. The van der Waals surface area contributed by atoms with Gasteiger partial charge in [0.2, 0.25) is 5.91 Å². The molecule has 0 atom stereocenters. The van der Waals surface area contributed by atoms with Gasteiger partial charge in [0.25, 0.3) is 5.91 Å². The third-order valence-electron chi connectivity index (χ3n) is 4.68. The normalized spacial score (nSPS) is 12.1. The lowest BCUT2D eigenvalue weighted by Gasteiger charge is -2.15. The first kappa shape index (κ1) is 19.2. The lowest BCUT2D eigenvalue weighted by atomic mass is 9.91. The third kappa shape index (κ3) is 3.75. The van der Waals surface area contributed by atoms with Gasteiger partial charge >= 0.3 is 0 Å². The molecule has 0 fully saturated rings. The summed E-state index contributed by atoms with van der Waals surface area (Å²) >= 11 is 1.35. The van der Waals surface area contributed by atoms with E-state index in [-0.39, 0.29) is 0 Å². The number of halogens is 3. The molecule has 0 spiro atoms. The lowest BCUT2D eigenvalue weighted by Crippen LogP contribution is -2.32. The largest absolute Gasteiger partial charge is 0.342 e. The van der Waals surface area contributed by atoms with Gasteiger partial charge in [0, 0.05) is 4.88 Å². The van der Waals surface area contributed by atoms with Gasteiger partial charge in [0.15, 0.2) is 17.5 Å². The fourth-order valence-electron chi connectivity index (χ4n) is 3.25. The van der Waals surface area contributed by atoms with Gasteiger partial charge in [-0.15, -0.1) is 11.3 Å². The van der Waals surface area contributed by atoms with Crippen LogP contribution in [0.15, 0.2) is 42.5 Å². The minimum absolute atomic E-state index is 0.428. The van der Waals surface area contributed by atoms with Crippen molar-refractivity contribution in [1.82, 2.24) is 5.32 Å². The van der Waals surface area contributed by atoms with E-state index in [0.29, 0.717) is 10.9 Å². The Morgan fingerprint density at radius 3 is 2.55 bits per heavy atom. The average molecular weight is 416 g/mol. The Kier molecular flexibility index (Phi) is 5.10. The molecule has 0 unspecified atom stereocenters. The zero-order valence-electron chi connectivity index (χ0n) is 15.0. The summed E-state index contributed by atoms with van der Waals surface area (Å²) in [6, 6.07) is 11.5. The molecular formula is C21H15F3N2O2S. The molecule has 1 aliphatic carbocycles. The number of benzene rings is 2. The number of aryl methyl sites for hydroxylation is 2. The van der Waals surface area contributed by atoms with E-state index in [1.807, 2.05) is 24.3 Å². The number of nitrogens with one attached hydrogen (secondary N) is 2. The van der Waals surface area contributed by atoms with Crippen LogP contribution >= 0.6 is 11.3 Å². The molecule has 1 aromatic heterocycles. The van der Waals surface area contributed by atoms with E-state index in [1.165, 1.54) is 16.9 Å². The van der Waals surface area contributed by atoms with E-state index >= 15 is 0 Å². The van der Waals surface area contributed by atoms with Crippen molar-refractivity contribution in [3.05, 3.63) is 75.9 Å². The molecule has 4 rings (SSSR count). The number of hydrogen-bond acceptors (Lipinski definition) is 3. The molecular weight excluding hydrogens is 401 g/mol. The van der Waals surface area contributed by atoms with E-state index in [9.17, 15) is 22.8 Å². The molecule has 2 amide bonds. The molecule has 148 valence electrons. The predicted octanol–water partition coefficient (Wildman–Crippen LogP) is 4.30. The minimum Gasteiger partial charge on any atom is -0.342 e. The van der Waals surface area contributed by atoms with Gasteiger partial charge in [0.05, 0.1) is 17.1 Å². The summed E-state index contributed by atoms with van der Waals surface area (Å²) in [7, 11) is 0. The van der Waals surface area contributed by atoms with Crippen molar-refractivity contribution in [2.45, 2.75) is 12.8 Å². The van der Waals surface area contributed by atoms with Crippen LogP contribution in [0.3, 0.4) is 0 Å². The Balaban J connectivity index is 1.42. The minimum atomic E-state index is -1.67. The molecule has 0 radical (unpaired) electrons. The van der Waals surface area contributed by atoms with Gasteiger partial charge in [0.1, 0.15) is 0 Å². The quantitative estimate of drug-likeness (QED) is 0.623. The second-order valence-electron chi connectivity index (χ2n) is 6.58. The number of rotatable bonds is 4. The van der Waals surface area contributed by atoms with E-state index in [2.05, 4.69) is 16.7 Å². The van der Waals surface area contributed by atoms with Crippen molar-refractivity contribution in [3.63, 3.8) is 0 Å². The monoisotopic (exact) mass is 416 g/mol. The van der Waals surface area contributed by atoms with Crippen LogP contribution in [0.2, 0.25) is 0 Å². The molecule has 3 aromatic rings. The summed E-state index contributed by atoms with van der Waals surface area (Å²) in [5.74, 6) is -5.69. The second-order valence-corrected chi connectivity index (χ2v) is 7.63. The Hall–Kier alpha value is -3.13. The molecule has 0 bridgehead atoms. The Morgan fingerprint density at radius 2 is 1.72 bits per heavy atom. The van der Waals surface area contributed by atoms with Gasteiger partial charge in [-0.1, -0.05) is 24.3 Å². The van der Waals surface area contributed by atoms with E-state index < -0.39 is 41.5 Å².